The molecular formula is C20H30O6. The Kier molecular flexibility index (Phi) is 9.30. The Morgan fingerprint density at radius 1 is 1.00 bits per heavy atom. The topological polar surface area (TPSA) is 71.1 Å². The maximum atomic E-state index is 11.5. The highest BCUT2D eigenvalue weighted by atomic mass is 16.7. The van der Waals surface area contributed by atoms with Crippen molar-refractivity contribution < 1.29 is 28.5 Å². The predicted octanol–water partition coefficient (Wildman–Crippen LogP) is 3.48. The molecule has 0 bridgehead atoms. The number of carbonyl (C=O) groups excluding carboxylic acids is 2. The van der Waals surface area contributed by atoms with E-state index in [0.29, 0.717) is 19.6 Å². The normalized spacial score (nSPS) is 14.5. The van der Waals surface area contributed by atoms with E-state index in [1.807, 2.05) is 51.1 Å². The number of ether oxygens (including phenoxy) is 4. The second-order valence-electron chi connectivity index (χ2n) is 6.99. The quantitative estimate of drug-likeness (QED) is 0.441. The molecule has 0 aromatic heterocycles. The van der Waals surface area contributed by atoms with E-state index in [1.54, 1.807) is 0 Å². The third kappa shape index (κ3) is 9.53. The first-order valence-corrected chi connectivity index (χ1v) is 8.78. The van der Waals surface area contributed by atoms with Crippen LogP contribution in [0, 0.1) is 5.41 Å². The SMILES string of the molecule is CC(=O)OCC(C)(COC(C)C)CC(OCc1ccccc1)OC(C)=O. The molecule has 0 radical (unpaired) electrons. The van der Waals surface area contributed by atoms with Gasteiger partial charge in [0.15, 0.2) is 0 Å². The molecular weight excluding hydrogens is 336 g/mol. The minimum Gasteiger partial charge on any atom is -0.465 e. The summed E-state index contributed by atoms with van der Waals surface area (Å²) in [6.45, 7) is 9.30. The maximum absolute atomic E-state index is 11.5. The number of rotatable bonds is 11. The summed E-state index contributed by atoms with van der Waals surface area (Å²) in [5.41, 5.74) is 0.428. The van der Waals surface area contributed by atoms with Crippen molar-refractivity contribution in [2.45, 2.75) is 60.0 Å². The summed E-state index contributed by atoms with van der Waals surface area (Å²) in [6.07, 6.45) is -0.382. The monoisotopic (exact) mass is 366 g/mol. The molecule has 6 nitrogen and oxygen atoms in total. The Labute approximate surface area is 155 Å². The standard InChI is InChI=1S/C20H30O6/c1-15(2)24-13-20(5,14-25-16(3)21)11-19(26-17(4)22)23-12-18-9-7-6-8-10-18/h6-10,15,19H,11-14H2,1-5H3. The van der Waals surface area contributed by atoms with Gasteiger partial charge in [0.2, 0.25) is 6.29 Å². The summed E-state index contributed by atoms with van der Waals surface area (Å²) < 4.78 is 22.0. The molecule has 0 saturated heterocycles. The van der Waals surface area contributed by atoms with Crippen molar-refractivity contribution in [3.05, 3.63) is 35.9 Å². The van der Waals surface area contributed by atoms with Crippen molar-refractivity contribution in [3.63, 3.8) is 0 Å². The van der Waals surface area contributed by atoms with Crippen LogP contribution in [-0.2, 0) is 35.1 Å². The molecule has 0 amide bonds. The lowest BCUT2D eigenvalue weighted by Gasteiger charge is -2.32. The fourth-order valence-electron chi connectivity index (χ4n) is 2.29. The average molecular weight is 366 g/mol. The average Bonchev–Trinajstić information content (AvgIpc) is 2.57. The van der Waals surface area contributed by atoms with Gasteiger partial charge < -0.3 is 18.9 Å². The number of hydrogen-bond donors (Lipinski definition) is 0. The first-order valence-electron chi connectivity index (χ1n) is 8.78. The number of benzene rings is 1. The Bertz CT molecular complexity index is 557. The lowest BCUT2D eigenvalue weighted by Crippen LogP contribution is -2.37. The highest BCUT2D eigenvalue weighted by Crippen LogP contribution is 2.27. The molecule has 2 unspecified atom stereocenters. The van der Waals surface area contributed by atoms with Crippen LogP contribution in [0.2, 0.25) is 0 Å². The Morgan fingerprint density at radius 3 is 2.19 bits per heavy atom. The van der Waals surface area contributed by atoms with E-state index in [1.165, 1.54) is 13.8 Å². The minimum absolute atomic E-state index is 0.0315. The van der Waals surface area contributed by atoms with Crippen LogP contribution in [0.1, 0.15) is 46.6 Å². The lowest BCUT2D eigenvalue weighted by molar-refractivity contribution is -0.193. The second kappa shape index (κ2) is 10.9. The van der Waals surface area contributed by atoms with Gasteiger partial charge in [-0.3, -0.25) is 9.59 Å². The Balaban J connectivity index is 2.79. The Morgan fingerprint density at radius 2 is 1.65 bits per heavy atom. The van der Waals surface area contributed by atoms with Gasteiger partial charge in [-0.05, 0) is 19.4 Å². The van der Waals surface area contributed by atoms with Gasteiger partial charge in [-0.25, -0.2) is 0 Å². The molecule has 2 atom stereocenters. The molecule has 146 valence electrons. The third-order valence-corrected chi connectivity index (χ3v) is 3.62. The lowest BCUT2D eigenvalue weighted by atomic mass is 9.88. The van der Waals surface area contributed by atoms with Gasteiger partial charge in [-0.15, -0.1) is 0 Å². The van der Waals surface area contributed by atoms with Crippen molar-refractivity contribution in [1.82, 2.24) is 0 Å². The van der Waals surface area contributed by atoms with Gasteiger partial charge in [0.25, 0.3) is 0 Å². The van der Waals surface area contributed by atoms with Gasteiger partial charge in [-0.2, -0.15) is 0 Å². The molecule has 0 saturated carbocycles. The molecule has 0 aliphatic carbocycles. The molecule has 1 rings (SSSR count). The van der Waals surface area contributed by atoms with Crippen LogP contribution in [0.5, 0.6) is 0 Å². The molecule has 0 aliphatic heterocycles. The van der Waals surface area contributed by atoms with E-state index in [2.05, 4.69) is 0 Å². The summed E-state index contributed by atoms with van der Waals surface area (Å²) in [4.78, 5) is 22.7. The van der Waals surface area contributed by atoms with E-state index in [9.17, 15) is 9.59 Å². The van der Waals surface area contributed by atoms with Crippen molar-refractivity contribution >= 4 is 11.9 Å². The van der Waals surface area contributed by atoms with Gasteiger partial charge in [0, 0.05) is 25.7 Å². The van der Waals surface area contributed by atoms with Gasteiger partial charge in [0.05, 0.1) is 25.9 Å². The van der Waals surface area contributed by atoms with Crippen LogP contribution in [0.25, 0.3) is 0 Å². The highest BCUT2D eigenvalue weighted by Gasteiger charge is 2.32. The maximum Gasteiger partial charge on any atom is 0.304 e. The summed E-state index contributed by atoms with van der Waals surface area (Å²) in [6, 6.07) is 9.63. The molecule has 0 heterocycles. The van der Waals surface area contributed by atoms with E-state index >= 15 is 0 Å². The second-order valence-corrected chi connectivity index (χ2v) is 6.99. The van der Waals surface area contributed by atoms with Crippen LogP contribution in [0.15, 0.2) is 30.3 Å². The molecule has 0 spiro atoms. The Hall–Kier alpha value is -1.92. The molecule has 6 heteroatoms. The summed E-state index contributed by atoms with van der Waals surface area (Å²) in [7, 11) is 0. The van der Waals surface area contributed by atoms with Crippen molar-refractivity contribution in [3.8, 4) is 0 Å². The summed E-state index contributed by atoms with van der Waals surface area (Å²) in [5.74, 6) is -0.794. The molecule has 1 aromatic rings. The van der Waals surface area contributed by atoms with E-state index in [4.69, 9.17) is 18.9 Å². The van der Waals surface area contributed by atoms with Crippen LogP contribution < -0.4 is 0 Å². The first kappa shape index (κ1) is 22.1. The van der Waals surface area contributed by atoms with Crippen molar-refractivity contribution in [2.75, 3.05) is 13.2 Å². The zero-order chi connectivity index (χ0) is 19.6. The fourth-order valence-corrected chi connectivity index (χ4v) is 2.29. The van der Waals surface area contributed by atoms with Crippen LogP contribution in [0.3, 0.4) is 0 Å². The van der Waals surface area contributed by atoms with Gasteiger partial charge >= 0.3 is 11.9 Å². The van der Waals surface area contributed by atoms with Gasteiger partial charge in [-0.1, -0.05) is 37.3 Å². The largest absolute Gasteiger partial charge is 0.465 e. The molecule has 1 aromatic carbocycles. The summed E-state index contributed by atoms with van der Waals surface area (Å²) in [5, 5.41) is 0. The number of hydrogen-bond acceptors (Lipinski definition) is 6. The smallest absolute Gasteiger partial charge is 0.304 e. The van der Waals surface area contributed by atoms with E-state index in [0.717, 1.165) is 5.56 Å². The first-order chi connectivity index (χ1) is 12.2. The fraction of sp³-hybridized carbons (Fsp3) is 0.600. The molecule has 26 heavy (non-hydrogen) atoms. The molecule has 0 aliphatic rings. The van der Waals surface area contributed by atoms with Crippen LogP contribution >= 0.6 is 0 Å². The molecule has 0 fully saturated rings. The predicted molar refractivity (Wildman–Crippen MR) is 97.2 cm³/mol. The minimum atomic E-state index is -0.760. The number of carbonyl (C=O) groups is 2. The zero-order valence-electron chi connectivity index (χ0n) is 16.3. The van der Waals surface area contributed by atoms with Crippen molar-refractivity contribution in [1.29, 1.82) is 0 Å². The van der Waals surface area contributed by atoms with Crippen LogP contribution in [0.4, 0.5) is 0 Å². The van der Waals surface area contributed by atoms with Crippen molar-refractivity contribution in [2.24, 2.45) is 5.41 Å². The number of esters is 2. The van der Waals surface area contributed by atoms with E-state index in [-0.39, 0.29) is 18.7 Å². The highest BCUT2D eigenvalue weighted by molar-refractivity contribution is 5.66. The third-order valence-electron chi connectivity index (χ3n) is 3.62. The summed E-state index contributed by atoms with van der Waals surface area (Å²) >= 11 is 0. The zero-order valence-corrected chi connectivity index (χ0v) is 16.3. The van der Waals surface area contributed by atoms with E-state index < -0.39 is 17.7 Å². The molecule has 0 N–H and O–H groups in total. The van der Waals surface area contributed by atoms with Crippen LogP contribution in [-0.4, -0.2) is 37.5 Å². The van der Waals surface area contributed by atoms with Gasteiger partial charge in [0.1, 0.15) is 0 Å².